The van der Waals surface area contributed by atoms with Gasteiger partial charge in [-0.05, 0) is 19.3 Å². The summed E-state index contributed by atoms with van der Waals surface area (Å²) >= 11 is 0. The van der Waals surface area contributed by atoms with Gasteiger partial charge in [-0.15, -0.1) is 0 Å². The van der Waals surface area contributed by atoms with Crippen molar-refractivity contribution in [3.63, 3.8) is 0 Å². The second-order valence-electron chi connectivity index (χ2n) is 8.15. The third-order valence-electron chi connectivity index (χ3n) is 5.84. The van der Waals surface area contributed by atoms with E-state index in [-0.39, 0.29) is 43.2 Å². The summed E-state index contributed by atoms with van der Waals surface area (Å²) in [5, 5.41) is 23.1. The van der Waals surface area contributed by atoms with E-state index < -0.39 is 18.3 Å². The van der Waals surface area contributed by atoms with Crippen molar-refractivity contribution in [3.05, 3.63) is 18.0 Å². The summed E-state index contributed by atoms with van der Waals surface area (Å²) in [7, 11) is 1.82. The van der Waals surface area contributed by atoms with Crippen LogP contribution in [0, 0.1) is 0 Å². The minimum Gasteiger partial charge on any atom is -0.388 e. The van der Waals surface area contributed by atoms with Crippen molar-refractivity contribution in [3.8, 4) is 0 Å². The van der Waals surface area contributed by atoms with E-state index >= 15 is 0 Å². The predicted octanol–water partition coefficient (Wildman–Crippen LogP) is -0.436. The molecule has 2 saturated heterocycles. The maximum atomic E-state index is 12.2. The van der Waals surface area contributed by atoms with Gasteiger partial charge >= 0.3 is 6.03 Å². The number of ether oxygens (including phenoxy) is 2. The van der Waals surface area contributed by atoms with Crippen molar-refractivity contribution < 1.29 is 24.2 Å². The van der Waals surface area contributed by atoms with Gasteiger partial charge in [0.05, 0.1) is 24.8 Å². The molecular formula is C19H29N5O5. The van der Waals surface area contributed by atoms with E-state index in [2.05, 4.69) is 21.0 Å². The van der Waals surface area contributed by atoms with Crippen LogP contribution in [-0.2, 0) is 27.9 Å². The smallest absolute Gasteiger partial charge is 0.315 e. The molecule has 1 saturated carbocycles. The highest BCUT2D eigenvalue weighted by Gasteiger charge is 2.50. The van der Waals surface area contributed by atoms with Crippen molar-refractivity contribution in [2.45, 2.75) is 75.2 Å². The van der Waals surface area contributed by atoms with Crippen LogP contribution in [-0.4, -0.2) is 69.9 Å². The molecule has 3 fully saturated rings. The third-order valence-corrected chi connectivity index (χ3v) is 5.84. The molecule has 0 radical (unpaired) electrons. The molecule has 1 aromatic heterocycles. The summed E-state index contributed by atoms with van der Waals surface area (Å²) in [6.45, 7) is 0.647. The number of aromatic nitrogens is 2. The highest BCUT2D eigenvalue weighted by Crippen LogP contribution is 2.35. The number of amides is 3. The number of urea groups is 1. The third kappa shape index (κ3) is 4.88. The van der Waals surface area contributed by atoms with Crippen molar-refractivity contribution in [2.24, 2.45) is 7.05 Å². The number of aliphatic hydroxyl groups excluding tert-OH is 1. The largest absolute Gasteiger partial charge is 0.388 e. The topological polar surface area (TPSA) is 127 Å². The molecule has 0 unspecified atom stereocenters. The fraction of sp³-hybridized carbons (Fsp3) is 0.737. The first kappa shape index (κ1) is 20.1. The normalized spacial score (nSPS) is 31.2. The summed E-state index contributed by atoms with van der Waals surface area (Å²) in [5.41, 5.74) is 0.931. The van der Waals surface area contributed by atoms with Crippen molar-refractivity contribution in [2.75, 3.05) is 6.54 Å². The fourth-order valence-electron chi connectivity index (χ4n) is 4.03. The van der Waals surface area contributed by atoms with E-state index in [0.29, 0.717) is 13.0 Å². The number of hydrogen-bond donors (Lipinski definition) is 4. The molecule has 29 heavy (non-hydrogen) atoms. The number of aliphatic hydroxyl groups is 1. The average Bonchev–Trinajstić information content (AvgIpc) is 3.31. The summed E-state index contributed by atoms with van der Waals surface area (Å²) < 4.78 is 13.4. The molecule has 3 aliphatic rings. The fourth-order valence-corrected chi connectivity index (χ4v) is 4.03. The molecule has 10 nitrogen and oxygen atoms in total. The van der Waals surface area contributed by atoms with Crippen LogP contribution >= 0.6 is 0 Å². The number of carbonyl (C=O) groups is 2. The van der Waals surface area contributed by atoms with Crippen LogP contribution in [0.15, 0.2) is 12.4 Å². The molecule has 2 aliphatic heterocycles. The van der Waals surface area contributed by atoms with Gasteiger partial charge in [0.25, 0.3) is 0 Å². The highest BCUT2D eigenvalue weighted by molar-refractivity contribution is 5.76. The van der Waals surface area contributed by atoms with Crippen LogP contribution in [0.1, 0.15) is 37.7 Å². The first-order valence-electron chi connectivity index (χ1n) is 10.3. The minimum atomic E-state index is -0.826. The lowest BCUT2D eigenvalue weighted by Gasteiger charge is -2.27. The highest BCUT2D eigenvalue weighted by atomic mass is 16.6. The monoisotopic (exact) mass is 407 g/mol. The molecule has 10 heteroatoms. The molecule has 0 aromatic carbocycles. The Morgan fingerprint density at radius 3 is 2.79 bits per heavy atom. The number of carbonyl (C=O) groups excluding carboxylic acids is 2. The lowest BCUT2D eigenvalue weighted by Crippen LogP contribution is -2.48. The Balaban J connectivity index is 1.16. The Morgan fingerprint density at radius 2 is 2.14 bits per heavy atom. The number of nitrogens with one attached hydrogen (secondary N) is 3. The van der Waals surface area contributed by atoms with Gasteiger partial charge in [0.2, 0.25) is 5.91 Å². The summed E-state index contributed by atoms with van der Waals surface area (Å²) in [6, 6.07) is 0.0313. The maximum Gasteiger partial charge on any atom is 0.315 e. The lowest BCUT2D eigenvalue weighted by molar-refractivity contribution is -0.124. The van der Waals surface area contributed by atoms with Crippen LogP contribution in [0.3, 0.4) is 0 Å². The molecule has 0 spiro atoms. The Kier molecular flexibility index (Phi) is 6.02. The molecule has 1 aliphatic carbocycles. The first-order chi connectivity index (χ1) is 14.0. The Labute approximate surface area is 169 Å². The van der Waals surface area contributed by atoms with Gasteiger partial charge in [-0.2, -0.15) is 5.10 Å². The SMILES string of the molecule is Cn1cc(CNC(=O)C[C@@H]2C[C@H]3O[C@H](CNC(=O)NC4CCC4)[C@@H](O)[C@H]3O2)cn1. The second-order valence-corrected chi connectivity index (χ2v) is 8.15. The maximum absolute atomic E-state index is 12.2. The number of fused-ring (bicyclic) bond motifs is 1. The Hall–Kier alpha value is -2.17. The molecular weight excluding hydrogens is 378 g/mol. The zero-order valence-electron chi connectivity index (χ0n) is 16.5. The van der Waals surface area contributed by atoms with Gasteiger partial charge in [-0.1, -0.05) is 0 Å². The number of nitrogens with zero attached hydrogens (tertiary/aromatic N) is 2. The molecule has 3 amide bonds. The van der Waals surface area contributed by atoms with E-state index in [4.69, 9.17) is 9.47 Å². The molecule has 4 rings (SSSR count). The van der Waals surface area contributed by atoms with Crippen LogP contribution in [0.25, 0.3) is 0 Å². The standard InChI is InChI=1S/C19H29N5O5/c1-24-10-11(8-22-24)7-20-16(25)6-13-5-14-18(28-13)17(26)15(29-14)9-21-19(27)23-12-3-2-4-12/h8,10,12-15,17-18,26H,2-7,9H2,1H3,(H,20,25)(H2,21,23,27)/t13-,14+,15+,17+,18-/m0/s1. The number of hydrogen-bond acceptors (Lipinski definition) is 6. The van der Waals surface area contributed by atoms with Gasteiger partial charge in [0.1, 0.15) is 18.3 Å². The van der Waals surface area contributed by atoms with Crippen molar-refractivity contribution >= 4 is 11.9 Å². The molecule has 3 heterocycles. The van der Waals surface area contributed by atoms with Crippen LogP contribution in [0.4, 0.5) is 4.79 Å². The molecule has 1 aromatic rings. The molecule has 0 bridgehead atoms. The van der Waals surface area contributed by atoms with E-state index in [1.807, 2.05) is 13.2 Å². The first-order valence-corrected chi connectivity index (χ1v) is 10.3. The summed E-state index contributed by atoms with van der Waals surface area (Å²) in [6.07, 6.45) is 5.17. The molecule has 4 N–H and O–H groups in total. The minimum absolute atomic E-state index is 0.112. The number of rotatable bonds is 7. The van der Waals surface area contributed by atoms with E-state index in [9.17, 15) is 14.7 Å². The zero-order chi connectivity index (χ0) is 20.4. The van der Waals surface area contributed by atoms with E-state index in [1.165, 1.54) is 0 Å². The van der Waals surface area contributed by atoms with Gasteiger partial charge in [-0.3, -0.25) is 9.48 Å². The van der Waals surface area contributed by atoms with Crippen LogP contribution < -0.4 is 16.0 Å². The lowest BCUT2D eigenvalue weighted by atomic mass is 9.93. The van der Waals surface area contributed by atoms with E-state index in [0.717, 1.165) is 24.8 Å². The van der Waals surface area contributed by atoms with Gasteiger partial charge in [0.15, 0.2) is 0 Å². The second kappa shape index (κ2) is 8.68. The average molecular weight is 407 g/mol. The molecule has 5 atom stereocenters. The quantitative estimate of drug-likeness (QED) is 0.486. The summed E-state index contributed by atoms with van der Waals surface area (Å²) in [4.78, 5) is 24.0. The Morgan fingerprint density at radius 1 is 1.31 bits per heavy atom. The van der Waals surface area contributed by atoms with Crippen LogP contribution in [0.5, 0.6) is 0 Å². The molecule has 160 valence electrons. The summed E-state index contributed by atoms with van der Waals surface area (Å²) in [5.74, 6) is -0.112. The Bertz CT molecular complexity index is 736. The van der Waals surface area contributed by atoms with Crippen molar-refractivity contribution in [1.82, 2.24) is 25.7 Å². The van der Waals surface area contributed by atoms with E-state index in [1.54, 1.807) is 10.9 Å². The van der Waals surface area contributed by atoms with Gasteiger partial charge in [0, 0.05) is 44.4 Å². The zero-order valence-corrected chi connectivity index (χ0v) is 16.5. The van der Waals surface area contributed by atoms with Crippen LogP contribution in [0.2, 0.25) is 0 Å². The predicted molar refractivity (Wildman–Crippen MR) is 102 cm³/mol. The van der Waals surface area contributed by atoms with Crippen molar-refractivity contribution in [1.29, 1.82) is 0 Å². The number of aryl methyl sites for hydroxylation is 1. The van der Waals surface area contributed by atoms with Gasteiger partial charge < -0.3 is 30.5 Å². The van der Waals surface area contributed by atoms with Gasteiger partial charge in [-0.25, -0.2) is 4.79 Å².